The number of ether oxygens (including phenoxy) is 3. The molecule has 0 rings (SSSR count). The fraction of sp³-hybridized carbons (Fsp3) is 0.646. The number of esters is 3. The van der Waals surface area contributed by atoms with E-state index in [1.165, 1.54) is 96.3 Å². The lowest BCUT2D eigenvalue weighted by Crippen LogP contribution is -2.30. The van der Waals surface area contributed by atoms with Crippen LogP contribution < -0.4 is 0 Å². The van der Waals surface area contributed by atoms with E-state index in [0.29, 0.717) is 19.3 Å². The Kier molecular flexibility index (Phi) is 54.9. The van der Waals surface area contributed by atoms with Gasteiger partial charge in [0.1, 0.15) is 13.2 Å². The Labute approximate surface area is 437 Å². The van der Waals surface area contributed by atoms with Crippen LogP contribution in [0.5, 0.6) is 0 Å². The van der Waals surface area contributed by atoms with Crippen molar-refractivity contribution in [1.82, 2.24) is 0 Å². The number of carbonyl (C=O) groups is 3. The van der Waals surface area contributed by atoms with Crippen molar-refractivity contribution < 1.29 is 28.6 Å². The second-order valence-corrected chi connectivity index (χ2v) is 18.8. The number of allylic oxidation sites excluding steroid dienone is 20. The van der Waals surface area contributed by atoms with Crippen LogP contribution in [0, 0.1) is 0 Å². The molecule has 0 aromatic carbocycles. The van der Waals surface area contributed by atoms with Crippen molar-refractivity contribution in [3.8, 4) is 0 Å². The Hall–Kier alpha value is -4.19. The third kappa shape index (κ3) is 56.6. The van der Waals surface area contributed by atoms with Crippen molar-refractivity contribution in [2.75, 3.05) is 13.2 Å². The maximum absolute atomic E-state index is 12.8. The number of hydrogen-bond donors (Lipinski definition) is 0. The van der Waals surface area contributed by atoms with E-state index < -0.39 is 6.10 Å². The van der Waals surface area contributed by atoms with Crippen LogP contribution in [0.3, 0.4) is 0 Å². The number of rotatable bonds is 51. The van der Waals surface area contributed by atoms with Crippen LogP contribution in [-0.4, -0.2) is 37.2 Å². The van der Waals surface area contributed by atoms with Crippen LogP contribution in [-0.2, 0) is 28.6 Å². The number of unbranched alkanes of at least 4 members (excludes halogenated alkanes) is 20. The molecule has 0 radical (unpaired) electrons. The monoisotopic (exact) mass is 983 g/mol. The molecule has 0 saturated heterocycles. The normalized spacial score (nSPS) is 13.0. The van der Waals surface area contributed by atoms with E-state index in [2.05, 4.69) is 142 Å². The zero-order valence-electron chi connectivity index (χ0n) is 45.9. The SMILES string of the molecule is CC/C=C\C/C=C\C/C=C\C/C=C\C/C=C\C/C=C\C/C=C\C/C=C\CCCCC(=O)OCC(COC(=O)CCCCCCCCC)OC(=O)CCCCCCCCCCC/C=C\C/C=C\CCCCC. The maximum Gasteiger partial charge on any atom is 0.306 e. The van der Waals surface area contributed by atoms with Crippen molar-refractivity contribution in [3.05, 3.63) is 122 Å². The van der Waals surface area contributed by atoms with Gasteiger partial charge in [-0.25, -0.2) is 0 Å². The fourth-order valence-corrected chi connectivity index (χ4v) is 7.60. The van der Waals surface area contributed by atoms with Crippen molar-refractivity contribution in [3.63, 3.8) is 0 Å². The van der Waals surface area contributed by atoms with Gasteiger partial charge < -0.3 is 14.2 Å². The molecule has 0 amide bonds. The fourth-order valence-electron chi connectivity index (χ4n) is 7.60. The van der Waals surface area contributed by atoms with Crippen molar-refractivity contribution in [1.29, 1.82) is 0 Å². The van der Waals surface area contributed by atoms with Crippen LogP contribution in [0.25, 0.3) is 0 Å². The van der Waals surface area contributed by atoms with Crippen LogP contribution >= 0.6 is 0 Å². The highest BCUT2D eigenvalue weighted by Gasteiger charge is 2.19. The molecule has 0 spiro atoms. The van der Waals surface area contributed by atoms with Gasteiger partial charge in [0.15, 0.2) is 6.10 Å². The third-order valence-corrected chi connectivity index (χ3v) is 12.0. The average molecular weight is 984 g/mol. The predicted octanol–water partition coefficient (Wildman–Crippen LogP) is 19.6. The first-order valence-electron chi connectivity index (χ1n) is 29.0. The Morgan fingerprint density at radius 1 is 0.296 bits per heavy atom. The summed E-state index contributed by atoms with van der Waals surface area (Å²) in [5.41, 5.74) is 0. The highest BCUT2D eigenvalue weighted by Crippen LogP contribution is 2.14. The highest BCUT2D eigenvalue weighted by molar-refractivity contribution is 5.71. The summed E-state index contributed by atoms with van der Waals surface area (Å²) in [4.78, 5) is 38.0. The molecule has 71 heavy (non-hydrogen) atoms. The first-order valence-corrected chi connectivity index (χ1v) is 29.0. The molecule has 0 heterocycles. The smallest absolute Gasteiger partial charge is 0.306 e. The van der Waals surface area contributed by atoms with Crippen molar-refractivity contribution in [2.45, 2.75) is 258 Å². The van der Waals surface area contributed by atoms with Gasteiger partial charge in [-0.05, 0) is 116 Å². The van der Waals surface area contributed by atoms with Gasteiger partial charge in [-0.2, -0.15) is 0 Å². The van der Waals surface area contributed by atoms with Gasteiger partial charge in [0.2, 0.25) is 0 Å². The maximum atomic E-state index is 12.8. The standard InChI is InChI=1S/C65H106O6/c1-4-7-10-13-16-18-20-22-24-26-28-29-30-31-32-33-34-35-37-38-40-42-44-46-49-52-55-58-64(67)70-61-62(60-69-63(66)57-54-51-48-15-12-9-6-3)71-65(68)59-56-53-50-47-45-43-41-39-36-27-25-23-21-19-17-14-11-8-5-2/h7,10,16-19,22-25,28-29,31-32,34-35,38,40,44,46,62H,4-6,8-9,11-15,20-21,26-27,30,33,36-37,39,41-43,45,47-61H2,1-3H3/b10-7-,18-16-,19-17-,24-22-,25-23-,29-28-,32-31-,35-34-,40-38-,46-44-. The molecular weight excluding hydrogens is 877 g/mol. The minimum absolute atomic E-state index is 0.0954. The topological polar surface area (TPSA) is 78.9 Å². The summed E-state index contributed by atoms with van der Waals surface area (Å²) in [7, 11) is 0. The molecule has 1 unspecified atom stereocenters. The van der Waals surface area contributed by atoms with E-state index in [-0.39, 0.29) is 31.1 Å². The molecule has 1 atom stereocenters. The summed E-state index contributed by atoms with van der Waals surface area (Å²) < 4.78 is 16.7. The van der Waals surface area contributed by atoms with Gasteiger partial charge in [0, 0.05) is 19.3 Å². The van der Waals surface area contributed by atoms with Crippen molar-refractivity contribution >= 4 is 17.9 Å². The zero-order valence-corrected chi connectivity index (χ0v) is 45.9. The molecule has 402 valence electrons. The molecule has 0 fully saturated rings. The van der Waals surface area contributed by atoms with Crippen molar-refractivity contribution in [2.24, 2.45) is 0 Å². The van der Waals surface area contributed by atoms with Gasteiger partial charge in [-0.3, -0.25) is 14.4 Å². The van der Waals surface area contributed by atoms with Gasteiger partial charge in [0.25, 0.3) is 0 Å². The number of hydrogen-bond acceptors (Lipinski definition) is 6. The first kappa shape index (κ1) is 66.8. The third-order valence-electron chi connectivity index (χ3n) is 12.0. The molecule has 0 aromatic rings. The number of carbonyl (C=O) groups excluding carboxylic acids is 3. The van der Waals surface area contributed by atoms with Crippen LogP contribution in [0.2, 0.25) is 0 Å². The quantitative estimate of drug-likeness (QED) is 0.0261. The van der Waals surface area contributed by atoms with E-state index in [4.69, 9.17) is 14.2 Å². The summed E-state index contributed by atoms with van der Waals surface area (Å²) in [6.07, 6.45) is 80.7. The van der Waals surface area contributed by atoms with Crippen LogP contribution in [0.15, 0.2) is 122 Å². The second kappa shape index (κ2) is 58.4. The largest absolute Gasteiger partial charge is 0.462 e. The van der Waals surface area contributed by atoms with Gasteiger partial charge in [0.05, 0.1) is 0 Å². The van der Waals surface area contributed by atoms with Crippen LogP contribution in [0.1, 0.15) is 252 Å². The minimum Gasteiger partial charge on any atom is -0.462 e. The molecule has 0 aliphatic rings. The minimum atomic E-state index is -0.799. The molecule has 0 saturated carbocycles. The lowest BCUT2D eigenvalue weighted by molar-refractivity contribution is -0.167. The molecular formula is C65H106O6. The predicted molar refractivity (Wildman–Crippen MR) is 306 cm³/mol. The van der Waals surface area contributed by atoms with E-state index in [9.17, 15) is 14.4 Å². The van der Waals surface area contributed by atoms with Gasteiger partial charge in [-0.15, -0.1) is 0 Å². The van der Waals surface area contributed by atoms with Crippen LogP contribution in [0.4, 0.5) is 0 Å². The molecule has 0 aliphatic carbocycles. The summed E-state index contributed by atoms with van der Waals surface area (Å²) in [6.45, 7) is 6.41. The van der Waals surface area contributed by atoms with E-state index >= 15 is 0 Å². The van der Waals surface area contributed by atoms with Gasteiger partial charge >= 0.3 is 17.9 Å². The molecule has 0 aliphatic heterocycles. The summed E-state index contributed by atoms with van der Waals surface area (Å²) in [5.74, 6) is -0.954. The molecule has 0 aromatic heterocycles. The first-order chi connectivity index (χ1) is 35.0. The Balaban J connectivity index is 4.31. The lowest BCUT2D eigenvalue weighted by Gasteiger charge is -2.18. The summed E-state index contributed by atoms with van der Waals surface area (Å²) >= 11 is 0. The van der Waals surface area contributed by atoms with Gasteiger partial charge in [-0.1, -0.05) is 239 Å². The second-order valence-electron chi connectivity index (χ2n) is 18.8. The molecule has 6 heteroatoms. The lowest BCUT2D eigenvalue weighted by atomic mass is 10.1. The van der Waals surface area contributed by atoms with E-state index in [0.717, 1.165) is 116 Å². The molecule has 0 bridgehead atoms. The molecule has 6 nitrogen and oxygen atoms in total. The Morgan fingerprint density at radius 3 is 0.915 bits per heavy atom. The summed E-state index contributed by atoms with van der Waals surface area (Å²) in [6, 6.07) is 0. The summed E-state index contributed by atoms with van der Waals surface area (Å²) in [5, 5.41) is 0. The Morgan fingerprint density at radius 2 is 0.549 bits per heavy atom. The molecule has 0 N–H and O–H groups in total. The zero-order chi connectivity index (χ0) is 51.4. The van der Waals surface area contributed by atoms with E-state index in [1.54, 1.807) is 0 Å². The highest BCUT2D eigenvalue weighted by atomic mass is 16.6. The van der Waals surface area contributed by atoms with E-state index in [1.807, 2.05) is 0 Å². The average Bonchev–Trinajstić information content (AvgIpc) is 3.37. The Bertz CT molecular complexity index is 1500.